The number of carbonyl (C=O) groups is 1. The lowest BCUT2D eigenvalue weighted by atomic mass is 10.2. The molecule has 3 aromatic rings. The molecular formula is C23H25N3O3. The van der Waals surface area contributed by atoms with Crippen LogP contribution in [0.3, 0.4) is 0 Å². The number of amides is 1. The van der Waals surface area contributed by atoms with Crippen molar-refractivity contribution < 1.29 is 14.3 Å². The van der Waals surface area contributed by atoms with Crippen molar-refractivity contribution in [2.75, 3.05) is 30.5 Å². The Hall–Kier alpha value is -3.54. The molecule has 1 aromatic heterocycles. The standard InChI is InChI=1S/C23H25N3O3/c1-4-26(18-9-7-8-17(2)14-18)19-12-13-22(24-15-19)25-23(27)16-29-21-11-6-5-10-20(21)28-3/h5-15H,4,16H2,1-3H3,(H,24,25,27). The highest BCUT2D eigenvalue weighted by atomic mass is 16.5. The van der Waals surface area contributed by atoms with Gasteiger partial charge in [0.2, 0.25) is 0 Å². The number of hydrogen-bond donors (Lipinski definition) is 1. The molecule has 0 spiro atoms. The molecule has 150 valence electrons. The first-order chi connectivity index (χ1) is 14.1. The van der Waals surface area contributed by atoms with Crippen molar-refractivity contribution in [1.82, 2.24) is 4.98 Å². The number of rotatable bonds is 8. The molecule has 6 nitrogen and oxygen atoms in total. The molecule has 0 bridgehead atoms. The molecule has 0 unspecified atom stereocenters. The molecule has 0 fully saturated rings. The Kier molecular flexibility index (Phi) is 6.68. The average Bonchev–Trinajstić information content (AvgIpc) is 2.74. The van der Waals surface area contributed by atoms with Crippen molar-refractivity contribution in [3.63, 3.8) is 0 Å². The summed E-state index contributed by atoms with van der Waals surface area (Å²) in [5.74, 6) is 1.29. The van der Waals surface area contributed by atoms with Gasteiger partial charge in [-0.25, -0.2) is 4.98 Å². The number of ether oxygens (including phenoxy) is 2. The first-order valence-electron chi connectivity index (χ1n) is 9.46. The summed E-state index contributed by atoms with van der Waals surface area (Å²) in [5.41, 5.74) is 3.27. The molecule has 0 saturated heterocycles. The number of anilines is 3. The highest BCUT2D eigenvalue weighted by Crippen LogP contribution is 2.27. The summed E-state index contributed by atoms with van der Waals surface area (Å²) in [4.78, 5) is 18.7. The van der Waals surface area contributed by atoms with Gasteiger partial charge in [-0.1, -0.05) is 24.3 Å². The Morgan fingerprint density at radius 3 is 2.48 bits per heavy atom. The van der Waals surface area contributed by atoms with E-state index in [9.17, 15) is 4.79 Å². The second-order valence-corrected chi connectivity index (χ2v) is 6.47. The molecular weight excluding hydrogens is 366 g/mol. The summed E-state index contributed by atoms with van der Waals surface area (Å²) < 4.78 is 10.7. The average molecular weight is 391 g/mol. The van der Waals surface area contributed by atoms with Crippen LogP contribution in [0.4, 0.5) is 17.2 Å². The van der Waals surface area contributed by atoms with Crippen LogP contribution in [0.1, 0.15) is 12.5 Å². The Morgan fingerprint density at radius 1 is 1.03 bits per heavy atom. The Labute approximate surface area is 171 Å². The molecule has 29 heavy (non-hydrogen) atoms. The minimum absolute atomic E-state index is 0.131. The number of nitrogens with one attached hydrogen (secondary N) is 1. The van der Waals surface area contributed by atoms with Gasteiger partial charge in [0, 0.05) is 12.2 Å². The summed E-state index contributed by atoms with van der Waals surface area (Å²) in [5, 5.41) is 2.75. The van der Waals surface area contributed by atoms with Gasteiger partial charge in [-0.15, -0.1) is 0 Å². The third kappa shape index (κ3) is 5.25. The molecule has 0 atom stereocenters. The molecule has 1 N–H and O–H groups in total. The van der Waals surface area contributed by atoms with Gasteiger partial charge in [0.25, 0.3) is 5.91 Å². The van der Waals surface area contributed by atoms with Crippen LogP contribution in [0, 0.1) is 6.92 Å². The summed E-state index contributed by atoms with van der Waals surface area (Å²) in [6.45, 7) is 4.84. The molecule has 0 aliphatic carbocycles. The highest BCUT2D eigenvalue weighted by molar-refractivity contribution is 5.91. The molecule has 0 saturated carbocycles. The third-order valence-corrected chi connectivity index (χ3v) is 4.38. The maximum atomic E-state index is 12.2. The third-order valence-electron chi connectivity index (χ3n) is 4.38. The van der Waals surface area contributed by atoms with Gasteiger partial charge in [0.1, 0.15) is 5.82 Å². The zero-order valence-electron chi connectivity index (χ0n) is 16.9. The van der Waals surface area contributed by atoms with E-state index >= 15 is 0 Å². The van der Waals surface area contributed by atoms with E-state index in [0.29, 0.717) is 17.3 Å². The molecule has 0 aliphatic rings. The lowest BCUT2D eigenvalue weighted by molar-refractivity contribution is -0.118. The van der Waals surface area contributed by atoms with E-state index in [1.807, 2.05) is 24.3 Å². The monoisotopic (exact) mass is 391 g/mol. The van der Waals surface area contributed by atoms with E-state index < -0.39 is 0 Å². The summed E-state index contributed by atoms with van der Waals surface area (Å²) in [7, 11) is 1.56. The normalized spacial score (nSPS) is 10.3. The van der Waals surface area contributed by atoms with Crippen molar-refractivity contribution in [3.8, 4) is 11.5 Å². The van der Waals surface area contributed by atoms with Gasteiger partial charge in [-0.05, 0) is 55.8 Å². The van der Waals surface area contributed by atoms with Crippen LogP contribution in [-0.4, -0.2) is 31.2 Å². The highest BCUT2D eigenvalue weighted by Gasteiger charge is 2.10. The molecule has 1 amide bonds. The predicted molar refractivity (Wildman–Crippen MR) is 115 cm³/mol. The molecule has 0 radical (unpaired) electrons. The maximum Gasteiger partial charge on any atom is 0.263 e. The fourth-order valence-corrected chi connectivity index (χ4v) is 2.99. The number of aromatic nitrogens is 1. The number of aryl methyl sites for hydroxylation is 1. The Bertz CT molecular complexity index is 958. The lowest BCUT2D eigenvalue weighted by Gasteiger charge is -2.23. The predicted octanol–water partition coefficient (Wildman–Crippen LogP) is 4.57. The van der Waals surface area contributed by atoms with Gasteiger partial charge in [-0.2, -0.15) is 0 Å². The van der Waals surface area contributed by atoms with E-state index in [1.165, 1.54) is 5.56 Å². The van der Waals surface area contributed by atoms with E-state index in [0.717, 1.165) is 17.9 Å². The Morgan fingerprint density at radius 2 is 1.83 bits per heavy atom. The summed E-state index contributed by atoms with van der Waals surface area (Å²) in [6, 6.07) is 19.2. The van der Waals surface area contributed by atoms with Gasteiger partial charge < -0.3 is 19.7 Å². The van der Waals surface area contributed by atoms with Crippen molar-refractivity contribution in [2.24, 2.45) is 0 Å². The smallest absolute Gasteiger partial charge is 0.263 e. The largest absolute Gasteiger partial charge is 0.493 e. The summed E-state index contributed by atoms with van der Waals surface area (Å²) >= 11 is 0. The van der Waals surface area contributed by atoms with Gasteiger partial charge in [0.05, 0.1) is 19.0 Å². The fourth-order valence-electron chi connectivity index (χ4n) is 2.99. The second kappa shape index (κ2) is 9.59. The van der Waals surface area contributed by atoms with E-state index in [-0.39, 0.29) is 12.5 Å². The van der Waals surface area contributed by atoms with Crippen LogP contribution in [-0.2, 0) is 4.79 Å². The first kappa shape index (κ1) is 20.2. The zero-order valence-corrected chi connectivity index (χ0v) is 16.9. The SMILES string of the molecule is CCN(c1ccc(NC(=O)COc2ccccc2OC)nc1)c1cccc(C)c1. The van der Waals surface area contributed by atoms with Crippen molar-refractivity contribution in [3.05, 3.63) is 72.4 Å². The fraction of sp³-hybridized carbons (Fsp3) is 0.217. The zero-order chi connectivity index (χ0) is 20.6. The summed E-state index contributed by atoms with van der Waals surface area (Å²) in [6.07, 6.45) is 1.75. The van der Waals surface area contributed by atoms with E-state index in [4.69, 9.17) is 9.47 Å². The quantitative estimate of drug-likeness (QED) is 0.609. The van der Waals surface area contributed by atoms with Crippen molar-refractivity contribution in [1.29, 1.82) is 0 Å². The van der Waals surface area contributed by atoms with Crippen molar-refractivity contribution in [2.45, 2.75) is 13.8 Å². The first-order valence-corrected chi connectivity index (χ1v) is 9.46. The van der Waals surface area contributed by atoms with E-state index in [1.54, 1.807) is 31.5 Å². The Balaban J connectivity index is 1.61. The number of carbonyl (C=O) groups excluding carboxylic acids is 1. The van der Waals surface area contributed by atoms with Crippen LogP contribution < -0.4 is 19.7 Å². The van der Waals surface area contributed by atoms with Crippen LogP contribution >= 0.6 is 0 Å². The second-order valence-electron chi connectivity index (χ2n) is 6.47. The number of hydrogen-bond acceptors (Lipinski definition) is 5. The molecule has 6 heteroatoms. The van der Waals surface area contributed by atoms with Crippen LogP contribution in [0.15, 0.2) is 66.9 Å². The van der Waals surface area contributed by atoms with Gasteiger partial charge in [0.15, 0.2) is 18.1 Å². The topological polar surface area (TPSA) is 63.7 Å². The molecule has 3 rings (SSSR count). The van der Waals surface area contributed by atoms with E-state index in [2.05, 4.69) is 47.2 Å². The molecule has 2 aromatic carbocycles. The van der Waals surface area contributed by atoms with Crippen LogP contribution in [0.2, 0.25) is 0 Å². The van der Waals surface area contributed by atoms with Crippen molar-refractivity contribution >= 4 is 23.1 Å². The minimum atomic E-state index is -0.290. The van der Waals surface area contributed by atoms with Gasteiger partial charge >= 0.3 is 0 Å². The number of nitrogens with zero attached hydrogens (tertiary/aromatic N) is 2. The minimum Gasteiger partial charge on any atom is -0.493 e. The number of pyridine rings is 1. The lowest BCUT2D eigenvalue weighted by Crippen LogP contribution is -2.21. The molecule has 0 aliphatic heterocycles. The maximum absolute atomic E-state index is 12.2. The number of methoxy groups -OCH3 is 1. The number of benzene rings is 2. The number of para-hydroxylation sites is 2. The molecule has 1 heterocycles. The van der Waals surface area contributed by atoms with Gasteiger partial charge in [-0.3, -0.25) is 4.79 Å². The van der Waals surface area contributed by atoms with Crippen LogP contribution in [0.25, 0.3) is 0 Å². The van der Waals surface area contributed by atoms with Crippen LogP contribution in [0.5, 0.6) is 11.5 Å².